The predicted octanol–water partition coefficient (Wildman–Crippen LogP) is 2.65. The summed E-state index contributed by atoms with van der Waals surface area (Å²) in [5.74, 6) is 1.75. The lowest BCUT2D eigenvalue weighted by Gasteiger charge is -2.43. The molecule has 124 valence electrons. The molecule has 0 aromatic carbocycles. The maximum absolute atomic E-state index is 11.5. The van der Waals surface area contributed by atoms with Crippen LogP contribution in [0.1, 0.15) is 44.4 Å². The molecule has 8 heteroatoms. The van der Waals surface area contributed by atoms with Crippen LogP contribution < -0.4 is 5.32 Å². The molecule has 4 heterocycles. The Hall–Kier alpha value is -1.34. The van der Waals surface area contributed by atoms with Crippen molar-refractivity contribution < 1.29 is 14.1 Å². The second-order valence-electron chi connectivity index (χ2n) is 5.82. The van der Waals surface area contributed by atoms with E-state index >= 15 is 0 Å². The lowest BCUT2D eigenvalue weighted by molar-refractivity contribution is 0.0727. The molecule has 3 aliphatic rings. The van der Waals surface area contributed by atoms with Crippen molar-refractivity contribution in [3.8, 4) is 0 Å². The summed E-state index contributed by atoms with van der Waals surface area (Å²) in [6.07, 6.45) is 3.69. The fourth-order valence-corrected chi connectivity index (χ4v) is 3.12. The Bertz CT molecular complexity index is 488. The number of piperidine rings is 3. The number of hydrogen-bond acceptors (Lipinski definition) is 6. The third-order valence-corrected chi connectivity index (χ3v) is 4.36. The Morgan fingerprint density at radius 1 is 1.45 bits per heavy atom. The molecular weight excluding hydrogens is 308 g/mol. The van der Waals surface area contributed by atoms with Gasteiger partial charge in [0.05, 0.1) is 12.5 Å². The lowest BCUT2D eigenvalue weighted by Crippen LogP contribution is -2.46. The number of halogens is 1. The van der Waals surface area contributed by atoms with Gasteiger partial charge in [0.15, 0.2) is 0 Å². The van der Waals surface area contributed by atoms with Crippen LogP contribution in [-0.2, 0) is 4.74 Å². The van der Waals surface area contributed by atoms with Crippen molar-refractivity contribution in [3.05, 3.63) is 5.89 Å². The Labute approximate surface area is 136 Å². The number of rotatable bonds is 5. The molecule has 1 aromatic rings. The van der Waals surface area contributed by atoms with Crippen LogP contribution in [0.15, 0.2) is 4.52 Å². The van der Waals surface area contributed by atoms with E-state index in [9.17, 15) is 4.79 Å². The second kappa shape index (κ2) is 7.78. The zero-order valence-electron chi connectivity index (χ0n) is 12.8. The van der Waals surface area contributed by atoms with Crippen LogP contribution in [0, 0.1) is 5.92 Å². The van der Waals surface area contributed by atoms with E-state index in [2.05, 4.69) is 20.4 Å². The van der Waals surface area contributed by atoms with Crippen molar-refractivity contribution in [2.45, 2.75) is 38.5 Å². The average molecular weight is 331 g/mol. The molecule has 3 fully saturated rings. The zero-order valence-corrected chi connectivity index (χ0v) is 13.6. The van der Waals surface area contributed by atoms with Crippen molar-refractivity contribution in [2.24, 2.45) is 5.92 Å². The molecular formula is C14H23ClN4O3. The Morgan fingerprint density at radius 2 is 2.23 bits per heavy atom. The highest BCUT2D eigenvalue weighted by Gasteiger charge is 2.38. The van der Waals surface area contributed by atoms with E-state index in [-0.39, 0.29) is 18.4 Å². The largest absolute Gasteiger partial charge is 0.449 e. The molecule has 0 saturated carbocycles. The minimum atomic E-state index is -0.523. The fourth-order valence-electron chi connectivity index (χ4n) is 3.12. The first-order valence-corrected chi connectivity index (χ1v) is 7.76. The molecule has 0 aliphatic carbocycles. The maximum Gasteiger partial charge on any atom is 0.414 e. The molecule has 7 nitrogen and oxygen atoms in total. The number of nitrogens with zero attached hydrogens (tertiary/aromatic N) is 3. The van der Waals surface area contributed by atoms with E-state index in [1.165, 1.54) is 25.9 Å². The van der Waals surface area contributed by atoms with Gasteiger partial charge < -0.3 is 14.2 Å². The van der Waals surface area contributed by atoms with Crippen LogP contribution in [0.25, 0.3) is 0 Å². The molecule has 1 N–H and O–H groups in total. The van der Waals surface area contributed by atoms with Crippen LogP contribution in [0.3, 0.4) is 0 Å². The third kappa shape index (κ3) is 3.89. The summed E-state index contributed by atoms with van der Waals surface area (Å²) in [7, 11) is 0. The van der Waals surface area contributed by atoms with Gasteiger partial charge >= 0.3 is 6.09 Å². The summed E-state index contributed by atoms with van der Waals surface area (Å²) in [5, 5.41) is 6.34. The summed E-state index contributed by atoms with van der Waals surface area (Å²) in [4.78, 5) is 18.3. The molecule has 22 heavy (non-hydrogen) atoms. The molecule has 1 unspecified atom stereocenters. The third-order valence-electron chi connectivity index (χ3n) is 4.36. The first-order valence-electron chi connectivity index (χ1n) is 7.76. The molecule has 1 amide bonds. The van der Waals surface area contributed by atoms with Crippen molar-refractivity contribution in [1.82, 2.24) is 15.0 Å². The van der Waals surface area contributed by atoms with Gasteiger partial charge in [0.1, 0.15) is 0 Å². The van der Waals surface area contributed by atoms with Crippen LogP contribution in [-0.4, -0.2) is 47.4 Å². The number of aromatic nitrogens is 2. The summed E-state index contributed by atoms with van der Waals surface area (Å²) in [6.45, 7) is 5.77. The molecule has 0 spiro atoms. The number of ether oxygens (including phenoxy) is 1. The number of carbonyl (C=O) groups is 1. The standard InChI is InChI=1S/C14H22N4O3.ClH/c1-2-3-8-20-14(19)16-13-15-12(21-17-13)11-9-18-6-4-10(11)5-7-18;/h10-11H,2-9H2,1H3,(H,16,17,19);1H. The van der Waals surface area contributed by atoms with Crippen LogP contribution in [0.4, 0.5) is 10.7 Å². The van der Waals surface area contributed by atoms with Crippen molar-refractivity contribution in [3.63, 3.8) is 0 Å². The SMILES string of the molecule is CCCCOC(=O)Nc1noc(C2CN3CCC2CC3)n1.Cl. The van der Waals surface area contributed by atoms with Gasteiger partial charge in [-0.2, -0.15) is 4.98 Å². The molecule has 0 radical (unpaired) electrons. The van der Waals surface area contributed by atoms with Gasteiger partial charge in [-0.25, -0.2) is 4.79 Å². The van der Waals surface area contributed by atoms with E-state index in [0.29, 0.717) is 24.3 Å². The predicted molar refractivity (Wildman–Crippen MR) is 83.3 cm³/mol. The highest BCUT2D eigenvalue weighted by molar-refractivity contribution is 5.85. The topological polar surface area (TPSA) is 80.5 Å². The maximum atomic E-state index is 11.5. The number of carbonyl (C=O) groups excluding carboxylic acids is 1. The Morgan fingerprint density at radius 3 is 2.86 bits per heavy atom. The molecule has 4 rings (SSSR count). The smallest absolute Gasteiger partial charge is 0.414 e. The van der Waals surface area contributed by atoms with Gasteiger partial charge in [-0.05, 0) is 43.4 Å². The number of hydrogen-bond donors (Lipinski definition) is 1. The van der Waals surface area contributed by atoms with E-state index in [4.69, 9.17) is 9.26 Å². The monoisotopic (exact) mass is 330 g/mol. The number of fused-ring (bicyclic) bond motifs is 3. The number of anilines is 1. The van der Waals surface area contributed by atoms with Crippen molar-refractivity contribution in [2.75, 3.05) is 31.6 Å². The van der Waals surface area contributed by atoms with Gasteiger partial charge in [-0.1, -0.05) is 13.3 Å². The summed E-state index contributed by atoms with van der Waals surface area (Å²) >= 11 is 0. The highest BCUT2D eigenvalue weighted by atomic mass is 35.5. The average Bonchev–Trinajstić information content (AvgIpc) is 2.97. The van der Waals surface area contributed by atoms with Crippen molar-refractivity contribution >= 4 is 24.4 Å². The second-order valence-corrected chi connectivity index (χ2v) is 5.82. The molecule has 1 atom stereocenters. The minimum absolute atomic E-state index is 0. The van der Waals surface area contributed by atoms with E-state index < -0.39 is 6.09 Å². The van der Waals surface area contributed by atoms with E-state index in [1.54, 1.807) is 0 Å². The molecule has 2 bridgehead atoms. The fraction of sp³-hybridized carbons (Fsp3) is 0.786. The minimum Gasteiger partial charge on any atom is -0.449 e. The van der Waals surface area contributed by atoms with Crippen molar-refractivity contribution in [1.29, 1.82) is 0 Å². The van der Waals surface area contributed by atoms with Crippen LogP contribution in [0.5, 0.6) is 0 Å². The summed E-state index contributed by atoms with van der Waals surface area (Å²) in [6, 6.07) is 0. The highest BCUT2D eigenvalue weighted by Crippen LogP contribution is 2.38. The van der Waals surface area contributed by atoms with E-state index in [0.717, 1.165) is 19.4 Å². The molecule has 3 saturated heterocycles. The van der Waals surface area contributed by atoms with Gasteiger partial charge in [0.2, 0.25) is 5.89 Å². The quantitative estimate of drug-likeness (QED) is 0.836. The zero-order chi connectivity index (χ0) is 14.7. The molecule has 1 aromatic heterocycles. The molecule has 3 aliphatic heterocycles. The van der Waals surface area contributed by atoms with Gasteiger partial charge in [0, 0.05) is 6.54 Å². The number of nitrogens with one attached hydrogen (secondary N) is 1. The normalized spacial score (nSPS) is 26.3. The first kappa shape index (κ1) is 17.0. The summed E-state index contributed by atoms with van der Waals surface area (Å²) < 4.78 is 10.3. The van der Waals surface area contributed by atoms with Crippen LogP contribution >= 0.6 is 12.4 Å². The van der Waals surface area contributed by atoms with Gasteiger partial charge in [-0.3, -0.25) is 5.32 Å². The number of amides is 1. The number of unbranched alkanes of at least 4 members (excludes halogenated alkanes) is 1. The van der Waals surface area contributed by atoms with Gasteiger partial charge in [0.25, 0.3) is 5.95 Å². The summed E-state index contributed by atoms with van der Waals surface area (Å²) in [5.41, 5.74) is 0. The first-order chi connectivity index (χ1) is 10.3. The van der Waals surface area contributed by atoms with Gasteiger partial charge in [-0.15, -0.1) is 12.4 Å². The Balaban J connectivity index is 0.00000176. The lowest BCUT2D eigenvalue weighted by atomic mass is 9.79. The Kier molecular flexibility index (Phi) is 6.02. The van der Waals surface area contributed by atoms with Crippen LogP contribution in [0.2, 0.25) is 0 Å². The van der Waals surface area contributed by atoms with E-state index in [1.807, 2.05) is 6.92 Å².